The lowest BCUT2D eigenvalue weighted by Gasteiger charge is -2.18. The van der Waals surface area contributed by atoms with Gasteiger partial charge < -0.3 is 19.9 Å². The molecule has 3 rings (SSSR count). The van der Waals surface area contributed by atoms with Crippen molar-refractivity contribution in [3.63, 3.8) is 0 Å². The van der Waals surface area contributed by atoms with Crippen LogP contribution >= 0.6 is 23.5 Å². The van der Waals surface area contributed by atoms with Crippen LogP contribution in [0.15, 0.2) is 5.03 Å². The SMILES string of the molecule is CSc1nsnc1[C@H]1C[NH+]2CCC[C@H]1C2.O=C([O-])C(=O)O. The van der Waals surface area contributed by atoms with Crippen molar-refractivity contribution in [1.29, 1.82) is 0 Å². The molecule has 1 aromatic rings. The number of aromatic nitrogens is 2. The van der Waals surface area contributed by atoms with Crippen molar-refractivity contribution in [3.8, 4) is 0 Å². The summed E-state index contributed by atoms with van der Waals surface area (Å²) in [5.74, 6) is -2.43. The van der Waals surface area contributed by atoms with Crippen LogP contribution in [-0.2, 0) is 9.59 Å². The number of hydrogen-bond donors (Lipinski definition) is 2. The van der Waals surface area contributed by atoms with Gasteiger partial charge in [0.1, 0.15) is 5.03 Å². The van der Waals surface area contributed by atoms with E-state index in [4.69, 9.17) is 19.8 Å². The molecule has 0 aromatic carbocycles. The van der Waals surface area contributed by atoms with Gasteiger partial charge in [-0.25, -0.2) is 4.79 Å². The third-order valence-corrected chi connectivity index (χ3v) is 5.28. The standard InChI is InChI=1S/C10H15N3S2.C2H2O4/c1-14-10-9(11-15-12-10)8-6-13-4-2-3-7(8)5-13;3-1(4)2(5)6/h7-8H,2-6H2,1H3;(H,3,4)(H,5,6)/t7-,8-;/m0./s1. The summed E-state index contributed by atoms with van der Waals surface area (Å²) in [6, 6.07) is 0. The van der Waals surface area contributed by atoms with Crippen molar-refractivity contribution in [2.45, 2.75) is 23.8 Å². The van der Waals surface area contributed by atoms with Crippen molar-refractivity contribution in [2.24, 2.45) is 5.92 Å². The molecule has 7 nitrogen and oxygen atoms in total. The summed E-state index contributed by atoms with van der Waals surface area (Å²) in [5, 5.41) is 17.5. The molecule has 116 valence electrons. The summed E-state index contributed by atoms with van der Waals surface area (Å²) in [7, 11) is 0. The molecule has 0 spiro atoms. The Labute approximate surface area is 130 Å². The monoisotopic (exact) mass is 331 g/mol. The van der Waals surface area contributed by atoms with Gasteiger partial charge >= 0.3 is 5.97 Å². The third-order valence-electron chi connectivity index (χ3n) is 3.93. The molecule has 21 heavy (non-hydrogen) atoms. The lowest BCUT2D eigenvalue weighted by molar-refractivity contribution is -0.893. The van der Waals surface area contributed by atoms with Crippen molar-refractivity contribution in [1.82, 2.24) is 8.75 Å². The van der Waals surface area contributed by atoms with E-state index in [1.165, 1.54) is 54.9 Å². The van der Waals surface area contributed by atoms with E-state index in [-0.39, 0.29) is 0 Å². The first-order valence-electron chi connectivity index (χ1n) is 6.67. The Hall–Kier alpha value is -1.19. The van der Waals surface area contributed by atoms with Crippen LogP contribution in [0.5, 0.6) is 0 Å². The van der Waals surface area contributed by atoms with Gasteiger partial charge in [0.25, 0.3) is 0 Å². The largest absolute Gasteiger partial charge is 0.539 e. The Morgan fingerprint density at radius 1 is 1.43 bits per heavy atom. The summed E-state index contributed by atoms with van der Waals surface area (Å²) < 4.78 is 8.90. The third kappa shape index (κ3) is 3.92. The number of carboxylic acid groups (broad SMARTS) is 2. The maximum atomic E-state index is 9.04. The number of carbonyl (C=O) groups excluding carboxylic acids is 1. The van der Waals surface area contributed by atoms with Crippen LogP contribution in [0.4, 0.5) is 0 Å². The maximum absolute atomic E-state index is 9.04. The summed E-state index contributed by atoms with van der Waals surface area (Å²) in [6.45, 7) is 4.04. The number of carboxylic acids is 2. The number of fused-ring (bicyclic) bond motifs is 2. The molecule has 1 aromatic heterocycles. The Balaban J connectivity index is 0.000000232. The first-order valence-corrected chi connectivity index (χ1v) is 8.62. The predicted octanol–water partition coefficient (Wildman–Crippen LogP) is -1.53. The number of piperidine rings is 1. The highest BCUT2D eigenvalue weighted by molar-refractivity contribution is 7.98. The number of quaternary nitrogens is 1. The van der Waals surface area contributed by atoms with Crippen LogP contribution in [0.25, 0.3) is 0 Å². The second-order valence-corrected chi connectivity index (χ2v) is 6.49. The van der Waals surface area contributed by atoms with Crippen LogP contribution in [0.2, 0.25) is 0 Å². The van der Waals surface area contributed by atoms with Crippen LogP contribution in [0.3, 0.4) is 0 Å². The number of rotatable bonds is 2. The summed E-state index contributed by atoms with van der Waals surface area (Å²) in [5.41, 5.74) is 1.30. The van der Waals surface area contributed by atoms with E-state index in [1.54, 1.807) is 16.7 Å². The average molecular weight is 331 g/mol. The molecule has 3 heterocycles. The van der Waals surface area contributed by atoms with Gasteiger partial charge in [-0.3, -0.25) is 0 Å². The molecule has 0 amide bonds. The van der Waals surface area contributed by atoms with Gasteiger partial charge in [-0.1, -0.05) is 0 Å². The topological polar surface area (TPSA) is 108 Å². The molecule has 2 aliphatic rings. The van der Waals surface area contributed by atoms with Crippen LogP contribution in [0.1, 0.15) is 24.5 Å². The zero-order chi connectivity index (χ0) is 15.4. The highest BCUT2D eigenvalue weighted by atomic mass is 32.2. The van der Waals surface area contributed by atoms with Crippen molar-refractivity contribution < 1.29 is 24.7 Å². The summed E-state index contributed by atoms with van der Waals surface area (Å²) in [6.07, 6.45) is 4.91. The molecule has 0 saturated carbocycles. The lowest BCUT2D eigenvalue weighted by Crippen LogP contribution is -3.11. The minimum atomic E-state index is -2.07. The highest BCUT2D eigenvalue weighted by Gasteiger charge is 2.42. The van der Waals surface area contributed by atoms with Gasteiger partial charge in [-0.2, -0.15) is 8.75 Å². The van der Waals surface area contributed by atoms with Crippen molar-refractivity contribution in [2.75, 3.05) is 25.9 Å². The van der Waals surface area contributed by atoms with E-state index < -0.39 is 11.9 Å². The fraction of sp³-hybridized carbons (Fsp3) is 0.667. The van der Waals surface area contributed by atoms with Crippen molar-refractivity contribution in [3.05, 3.63) is 5.69 Å². The lowest BCUT2D eigenvalue weighted by atomic mass is 9.89. The summed E-state index contributed by atoms with van der Waals surface area (Å²) >= 11 is 3.13. The number of hydrogen-bond acceptors (Lipinski definition) is 7. The fourth-order valence-corrected chi connectivity index (χ4v) is 4.45. The van der Waals surface area contributed by atoms with Gasteiger partial charge in [0, 0.05) is 5.92 Å². The first kappa shape index (κ1) is 16.2. The van der Waals surface area contributed by atoms with E-state index in [0.29, 0.717) is 5.92 Å². The predicted molar refractivity (Wildman–Crippen MR) is 75.4 cm³/mol. The Kier molecular flexibility index (Phi) is 5.54. The van der Waals surface area contributed by atoms with Crippen molar-refractivity contribution >= 4 is 35.4 Å². The second kappa shape index (κ2) is 7.19. The van der Waals surface area contributed by atoms with E-state index in [1.807, 2.05) is 0 Å². The minimum absolute atomic E-state index is 0.698. The molecule has 2 aliphatic heterocycles. The van der Waals surface area contributed by atoms with E-state index in [0.717, 1.165) is 5.92 Å². The van der Waals surface area contributed by atoms with Gasteiger partial charge in [-0.15, -0.1) is 11.8 Å². The summed E-state index contributed by atoms with van der Waals surface area (Å²) in [4.78, 5) is 19.8. The molecule has 3 atom stereocenters. The van der Waals surface area contributed by atoms with Gasteiger partial charge in [0.15, 0.2) is 5.97 Å². The molecule has 2 saturated heterocycles. The Bertz CT molecular complexity index is 510. The molecule has 1 unspecified atom stereocenters. The molecule has 9 heteroatoms. The zero-order valence-electron chi connectivity index (χ0n) is 11.6. The normalized spacial score (nSPS) is 26.8. The molecular weight excluding hydrogens is 314 g/mol. The number of nitrogens with one attached hydrogen (secondary N) is 1. The number of aliphatic carboxylic acids is 2. The van der Waals surface area contributed by atoms with Gasteiger partial charge in [0.2, 0.25) is 0 Å². The van der Waals surface area contributed by atoms with Gasteiger partial charge in [0.05, 0.1) is 43.0 Å². The quantitative estimate of drug-likeness (QED) is 0.500. The average Bonchev–Trinajstić information content (AvgIpc) is 3.03. The maximum Gasteiger partial charge on any atom is 0.351 e. The van der Waals surface area contributed by atoms with Crippen LogP contribution < -0.4 is 10.0 Å². The molecule has 2 bridgehead atoms. The highest BCUT2D eigenvalue weighted by Crippen LogP contribution is 2.34. The smallest absolute Gasteiger partial charge is 0.351 e. The first-order chi connectivity index (χ1) is 10.0. The van der Waals surface area contributed by atoms with Crippen LogP contribution in [-0.4, -0.2) is 51.7 Å². The zero-order valence-corrected chi connectivity index (χ0v) is 13.2. The number of carbonyl (C=O) groups is 2. The van der Waals surface area contributed by atoms with Crippen LogP contribution in [0, 0.1) is 5.92 Å². The van der Waals surface area contributed by atoms with E-state index >= 15 is 0 Å². The molecule has 2 N–H and O–H groups in total. The molecule has 0 aliphatic carbocycles. The Morgan fingerprint density at radius 2 is 2.14 bits per heavy atom. The minimum Gasteiger partial charge on any atom is -0.539 e. The fourth-order valence-electron chi connectivity index (χ4n) is 3.07. The molecule has 0 radical (unpaired) electrons. The van der Waals surface area contributed by atoms with E-state index in [2.05, 4.69) is 15.0 Å². The number of nitrogens with zero attached hydrogens (tertiary/aromatic N) is 2. The molecular formula is C12H17N3O4S2. The van der Waals surface area contributed by atoms with Gasteiger partial charge in [-0.05, 0) is 19.1 Å². The second-order valence-electron chi connectivity index (χ2n) is 5.17. The van der Waals surface area contributed by atoms with E-state index in [9.17, 15) is 0 Å². The Morgan fingerprint density at radius 3 is 2.71 bits per heavy atom. The number of thioether (sulfide) groups is 1. The molecule has 2 fully saturated rings.